The first-order valence-electron chi connectivity index (χ1n) is 6.28. The molecular weight excluding hydrogens is 258 g/mol. The van der Waals surface area contributed by atoms with Crippen LogP contribution in [-0.2, 0) is 19.4 Å². The van der Waals surface area contributed by atoms with Crippen LogP contribution in [-0.4, -0.2) is 19.8 Å². The van der Waals surface area contributed by atoms with Crippen molar-refractivity contribution in [1.29, 1.82) is 0 Å². The summed E-state index contributed by atoms with van der Waals surface area (Å²) in [5.41, 5.74) is 8.15. The van der Waals surface area contributed by atoms with E-state index in [1.165, 1.54) is 22.5 Å². The van der Waals surface area contributed by atoms with Crippen molar-refractivity contribution in [3.05, 3.63) is 46.2 Å². The second-order valence-corrected chi connectivity index (χ2v) is 5.40. The van der Waals surface area contributed by atoms with Crippen LogP contribution in [0.1, 0.15) is 28.9 Å². The van der Waals surface area contributed by atoms with E-state index in [1.807, 2.05) is 0 Å². The Hall–Kier alpha value is -1.79. The largest absolute Gasteiger partial charge is 0.324 e. The predicted octanol–water partition coefficient (Wildman–Crippen LogP) is 1.80. The molecule has 0 atom stereocenters. The van der Waals surface area contributed by atoms with Gasteiger partial charge < -0.3 is 5.73 Å². The molecule has 98 valence electrons. The highest BCUT2D eigenvalue weighted by Crippen LogP contribution is 2.16. The number of aromatic nitrogens is 4. The minimum absolute atomic E-state index is 0.443. The van der Waals surface area contributed by atoms with Gasteiger partial charge in [-0.05, 0) is 17.5 Å². The number of aryl methyl sites for hydroxylation is 1. The summed E-state index contributed by atoms with van der Waals surface area (Å²) < 4.78 is 1.79. The van der Waals surface area contributed by atoms with Gasteiger partial charge in [0, 0.05) is 13.0 Å². The molecule has 2 N–H and O–H groups in total. The van der Waals surface area contributed by atoms with E-state index < -0.39 is 0 Å². The van der Waals surface area contributed by atoms with Gasteiger partial charge in [0.2, 0.25) is 4.96 Å². The van der Waals surface area contributed by atoms with Crippen LogP contribution in [0.25, 0.3) is 4.96 Å². The van der Waals surface area contributed by atoms with Crippen LogP contribution >= 0.6 is 11.3 Å². The second-order valence-electron chi connectivity index (χ2n) is 4.36. The van der Waals surface area contributed by atoms with Crippen molar-refractivity contribution in [1.82, 2.24) is 19.8 Å². The lowest BCUT2D eigenvalue weighted by Gasteiger charge is -2.00. The van der Waals surface area contributed by atoms with E-state index in [9.17, 15) is 0 Å². The van der Waals surface area contributed by atoms with Gasteiger partial charge in [-0.1, -0.05) is 42.5 Å². The lowest BCUT2D eigenvalue weighted by Crippen LogP contribution is -2.01. The van der Waals surface area contributed by atoms with Crippen LogP contribution in [0.15, 0.2) is 24.3 Å². The predicted molar refractivity (Wildman–Crippen MR) is 75.2 cm³/mol. The summed E-state index contributed by atoms with van der Waals surface area (Å²) in [5, 5.41) is 13.6. The number of hydrogen-bond donors (Lipinski definition) is 1. The number of hydrogen-bond acceptors (Lipinski definition) is 5. The highest BCUT2D eigenvalue weighted by Gasteiger charge is 2.11. The first-order chi connectivity index (χ1) is 9.30. The lowest BCUT2D eigenvalue weighted by atomic mass is 10.1. The van der Waals surface area contributed by atoms with E-state index in [-0.39, 0.29) is 0 Å². The molecule has 6 heteroatoms. The summed E-state index contributed by atoms with van der Waals surface area (Å²) in [7, 11) is 0. The molecule has 0 fully saturated rings. The van der Waals surface area contributed by atoms with E-state index in [0.717, 1.165) is 28.6 Å². The first-order valence-corrected chi connectivity index (χ1v) is 7.09. The fourth-order valence-electron chi connectivity index (χ4n) is 1.97. The zero-order chi connectivity index (χ0) is 13.2. The summed E-state index contributed by atoms with van der Waals surface area (Å²) in [6, 6.07) is 8.58. The van der Waals surface area contributed by atoms with Gasteiger partial charge in [-0.3, -0.25) is 0 Å². The Balaban J connectivity index is 1.89. The Morgan fingerprint density at radius 3 is 2.58 bits per heavy atom. The maximum absolute atomic E-state index is 5.59. The van der Waals surface area contributed by atoms with Crippen LogP contribution in [0.2, 0.25) is 0 Å². The van der Waals surface area contributed by atoms with Gasteiger partial charge in [-0.2, -0.15) is 9.61 Å². The molecule has 0 bridgehead atoms. The zero-order valence-electron chi connectivity index (χ0n) is 10.7. The summed E-state index contributed by atoms with van der Waals surface area (Å²) >= 11 is 1.49. The average molecular weight is 273 g/mol. The van der Waals surface area contributed by atoms with Crippen LogP contribution in [0, 0.1) is 0 Å². The van der Waals surface area contributed by atoms with E-state index in [1.54, 1.807) is 4.52 Å². The average Bonchev–Trinajstić information content (AvgIpc) is 3.01. The molecule has 0 aliphatic rings. The summed E-state index contributed by atoms with van der Waals surface area (Å²) in [4.78, 5) is 0.806. The van der Waals surface area contributed by atoms with Gasteiger partial charge in [-0.15, -0.1) is 10.2 Å². The van der Waals surface area contributed by atoms with E-state index in [2.05, 4.69) is 46.5 Å². The highest BCUT2D eigenvalue weighted by molar-refractivity contribution is 7.16. The molecule has 0 unspecified atom stereocenters. The third kappa shape index (κ3) is 2.36. The Morgan fingerprint density at radius 1 is 1.16 bits per heavy atom. The Labute approximate surface area is 115 Å². The molecule has 3 rings (SSSR count). The van der Waals surface area contributed by atoms with Gasteiger partial charge in [-0.25, -0.2) is 0 Å². The van der Waals surface area contributed by atoms with Crippen molar-refractivity contribution in [3.63, 3.8) is 0 Å². The number of benzene rings is 1. The molecule has 0 aliphatic carbocycles. The van der Waals surface area contributed by atoms with Gasteiger partial charge in [0.1, 0.15) is 5.01 Å². The van der Waals surface area contributed by atoms with Gasteiger partial charge >= 0.3 is 0 Å². The molecule has 0 radical (unpaired) electrons. The van der Waals surface area contributed by atoms with Crippen molar-refractivity contribution in [2.45, 2.75) is 26.3 Å². The van der Waals surface area contributed by atoms with Crippen molar-refractivity contribution in [2.24, 2.45) is 5.73 Å². The highest BCUT2D eigenvalue weighted by atomic mass is 32.1. The lowest BCUT2D eigenvalue weighted by molar-refractivity contribution is 0.821. The fraction of sp³-hybridized carbons (Fsp3) is 0.308. The van der Waals surface area contributed by atoms with Crippen LogP contribution in [0.4, 0.5) is 0 Å². The smallest absolute Gasteiger partial charge is 0.234 e. The van der Waals surface area contributed by atoms with Crippen molar-refractivity contribution in [2.75, 3.05) is 0 Å². The number of nitrogens with two attached hydrogens (primary N) is 1. The normalized spacial score (nSPS) is 11.3. The first kappa shape index (κ1) is 12.3. The molecule has 0 aliphatic heterocycles. The zero-order valence-corrected chi connectivity index (χ0v) is 11.5. The Morgan fingerprint density at radius 2 is 1.89 bits per heavy atom. The number of fused-ring (bicyclic) bond motifs is 1. The molecule has 2 heterocycles. The summed E-state index contributed by atoms with van der Waals surface area (Å²) in [6.07, 6.45) is 1.79. The molecule has 0 saturated carbocycles. The standard InChI is InChI=1S/C13H15N5S/c1-2-9-3-5-10(6-4-9)7-11-15-16-13-18(11)17-12(8-14)19-13/h3-6H,2,7-8,14H2,1H3. The van der Waals surface area contributed by atoms with Gasteiger partial charge in [0.25, 0.3) is 0 Å². The Kier molecular flexibility index (Phi) is 3.27. The van der Waals surface area contributed by atoms with Crippen LogP contribution in [0.3, 0.4) is 0 Å². The molecule has 3 aromatic rings. The molecule has 19 heavy (non-hydrogen) atoms. The monoisotopic (exact) mass is 273 g/mol. The van der Waals surface area contributed by atoms with E-state index >= 15 is 0 Å². The minimum Gasteiger partial charge on any atom is -0.324 e. The molecule has 0 amide bonds. The van der Waals surface area contributed by atoms with Crippen LogP contribution in [0.5, 0.6) is 0 Å². The summed E-state index contributed by atoms with van der Waals surface area (Å²) in [6.45, 7) is 2.60. The Bertz CT molecular complexity index is 683. The molecule has 0 saturated heterocycles. The quantitative estimate of drug-likeness (QED) is 0.787. The van der Waals surface area contributed by atoms with Crippen molar-refractivity contribution < 1.29 is 0 Å². The topological polar surface area (TPSA) is 69.1 Å². The van der Waals surface area contributed by atoms with E-state index in [0.29, 0.717) is 6.54 Å². The molecular formula is C13H15N5S. The minimum atomic E-state index is 0.443. The molecule has 0 spiro atoms. The van der Waals surface area contributed by atoms with Crippen LogP contribution < -0.4 is 5.73 Å². The van der Waals surface area contributed by atoms with Gasteiger partial charge in [0.05, 0.1) is 0 Å². The third-order valence-electron chi connectivity index (χ3n) is 3.07. The SMILES string of the molecule is CCc1ccc(Cc2nnc3sc(CN)nn23)cc1. The number of rotatable bonds is 4. The van der Waals surface area contributed by atoms with Gasteiger partial charge in [0.15, 0.2) is 5.82 Å². The third-order valence-corrected chi connectivity index (χ3v) is 3.99. The maximum Gasteiger partial charge on any atom is 0.234 e. The number of nitrogens with zero attached hydrogens (tertiary/aromatic N) is 4. The van der Waals surface area contributed by atoms with Crippen molar-refractivity contribution in [3.8, 4) is 0 Å². The molecule has 2 aromatic heterocycles. The molecule has 1 aromatic carbocycles. The second kappa shape index (κ2) is 5.07. The van der Waals surface area contributed by atoms with E-state index in [4.69, 9.17) is 5.73 Å². The van der Waals surface area contributed by atoms with Crippen molar-refractivity contribution >= 4 is 16.3 Å². The summed E-state index contributed by atoms with van der Waals surface area (Å²) in [5.74, 6) is 0.857. The molecule has 5 nitrogen and oxygen atoms in total. The maximum atomic E-state index is 5.59. The fourth-order valence-corrected chi connectivity index (χ4v) is 2.70.